The molecule has 1 aromatic heterocycles. The van der Waals surface area contributed by atoms with Crippen molar-refractivity contribution in [1.29, 1.82) is 0 Å². The van der Waals surface area contributed by atoms with Crippen LogP contribution in [0.2, 0.25) is 0 Å². The van der Waals surface area contributed by atoms with E-state index in [1.807, 2.05) is 18.1 Å². The number of nitrogens with zero attached hydrogens (tertiary/aromatic N) is 3. The molecule has 4 rings (SSSR count). The smallest absolute Gasteiger partial charge is 0.317 e. The number of H-pyrrole nitrogens is 1. The van der Waals surface area contributed by atoms with Gasteiger partial charge in [-0.2, -0.15) is 5.10 Å². The zero-order valence-electron chi connectivity index (χ0n) is 13.5. The molecule has 2 aliphatic rings. The number of carbonyl (C=O) groups is 1. The minimum absolute atomic E-state index is 0.0159. The van der Waals surface area contributed by atoms with Crippen molar-refractivity contribution in [3.63, 3.8) is 0 Å². The third kappa shape index (κ3) is 2.65. The lowest BCUT2D eigenvalue weighted by Gasteiger charge is -2.35. The highest BCUT2D eigenvalue weighted by Gasteiger charge is 2.40. The van der Waals surface area contributed by atoms with Gasteiger partial charge in [0.25, 0.3) is 0 Å². The van der Waals surface area contributed by atoms with E-state index in [4.69, 9.17) is 0 Å². The van der Waals surface area contributed by atoms with E-state index in [1.165, 1.54) is 12.1 Å². The molecule has 7 heteroatoms. The predicted octanol–water partition coefficient (Wildman–Crippen LogP) is 1.81. The van der Waals surface area contributed by atoms with E-state index in [0.717, 1.165) is 42.9 Å². The van der Waals surface area contributed by atoms with Crippen LogP contribution in [0.15, 0.2) is 30.5 Å². The van der Waals surface area contributed by atoms with Gasteiger partial charge < -0.3 is 10.2 Å². The summed E-state index contributed by atoms with van der Waals surface area (Å²) in [4.78, 5) is 15.9. The molecule has 2 aromatic rings. The fourth-order valence-electron chi connectivity index (χ4n) is 3.71. The Balaban J connectivity index is 1.48. The van der Waals surface area contributed by atoms with Crippen LogP contribution >= 0.6 is 0 Å². The van der Waals surface area contributed by atoms with E-state index >= 15 is 0 Å². The van der Waals surface area contributed by atoms with E-state index in [9.17, 15) is 9.18 Å². The number of piperidine rings is 1. The molecule has 2 N–H and O–H groups in total. The SMILES string of the molecule is CN1C(=O)N[C@@H]2CN(Cc3cn[nH]c3-c3ccc(F)cc3)CC[C@@H]21. The van der Waals surface area contributed by atoms with Crippen molar-refractivity contribution in [3.05, 3.63) is 41.8 Å². The number of aromatic nitrogens is 2. The third-order valence-corrected chi connectivity index (χ3v) is 5.03. The van der Waals surface area contributed by atoms with Crippen LogP contribution in [-0.4, -0.2) is 58.2 Å². The molecule has 2 aliphatic heterocycles. The molecule has 0 spiro atoms. The molecule has 2 atom stereocenters. The van der Waals surface area contributed by atoms with Gasteiger partial charge in [0, 0.05) is 37.8 Å². The second-order valence-electron chi connectivity index (χ2n) is 6.54. The summed E-state index contributed by atoms with van der Waals surface area (Å²) < 4.78 is 13.1. The second kappa shape index (κ2) is 5.90. The number of rotatable bonds is 3. The largest absolute Gasteiger partial charge is 0.332 e. The van der Waals surface area contributed by atoms with Gasteiger partial charge in [0.1, 0.15) is 5.82 Å². The van der Waals surface area contributed by atoms with Crippen LogP contribution in [0.4, 0.5) is 9.18 Å². The summed E-state index contributed by atoms with van der Waals surface area (Å²) in [5.74, 6) is -0.247. The molecule has 0 unspecified atom stereocenters. The predicted molar refractivity (Wildman–Crippen MR) is 87.7 cm³/mol. The number of nitrogens with one attached hydrogen (secondary N) is 2. The molecule has 24 heavy (non-hydrogen) atoms. The molecular weight excluding hydrogens is 309 g/mol. The van der Waals surface area contributed by atoms with E-state index in [0.29, 0.717) is 0 Å². The minimum atomic E-state index is -0.247. The van der Waals surface area contributed by atoms with Gasteiger partial charge in [-0.3, -0.25) is 10.00 Å². The number of carbonyl (C=O) groups excluding carboxylic acids is 1. The molecule has 126 valence electrons. The molecule has 2 fully saturated rings. The van der Waals surface area contributed by atoms with Gasteiger partial charge in [0.05, 0.1) is 24.0 Å². The average Bonchev–Trinajstić information content (AvgIpc) is 3.13. The van der Waals surface area contributed by atoms with Gasteiger partial charge >= 0.3 is 6.03 Å². The lowest BCUT2D eigenvalue weighted by Crippen LogP contribution is -2.50. The third-order valence-electron chi connectivity index (χ3n) is 5.03. The van der Waals surface area contributed by atoms with Gasteiger partial charge in [-0.25, -0.2) is 9.18 Å². The molecule has 3 heterocycles. The van der Waals surface area contributed by atoms with Crippen molar-refractivity contribution in [2.75, 3.05) is 20.1 Å². The topological polar surface area (TPSA) is 64.3 Å². The zero-order chi connectivity index (χ0) is 16.7. The summed E-state index contributed by atoms with van der Waals surface area (Å²) in [5.41, 5.74) is 2.93. The van der Waals surface area contributed by atoms with Crippen molar-refractivity contribution >= 4 is 6.03 Å². The maximum atomic E-state index is 13.1. The normalized spacial score (nSPS) is 24.1. The molecular formula is C17H20FN5O. The van der Waals surface area contributed by atoms with Gasteiger partial charge in [0.15, 0.2) is 0 Å². The highest BCUT2D eigenvalue weighted by Crippen LogP contribution is 2.26. The monoisotopic (exact) mass is 329 g/mol. The Kier molecular flexibility index (Phi) is 3.72. The Hall–Kier alpha value is -2.41. The van der Waals surface area contributed by atoms with Gasteiger partial charge in [0.2, 0.25) is 0 Å². The number of hydrogen-bond donors (Lipinski definition) is 2. The summed E-state index contributed by atoms with van der Waals surface area (Å²) in [6.07, 6.45) is 2.79. The molecule has 6 nitrogen and oxygen atoms in total. The Morgan fingerprint density at radius 3 is 2.92 bits per heavy atom. The first-order valence-corrected chi connectivity index (χ1v) is 8.15. The van der Waals surface area contributed by atoms with Crippen molar-refractivity contribution in [2.24, 2.45) is 0 Å². The molecule has 0 saturated carbocycles. The van der Waals surface area contributed by atoms with E-state index in [1.54, 1.807) is 12.1 Å². The van der Waals surface area contributed by atoms with Crippen LogP contribution in [0.1, 0.15) is 12.0 Å². The number of urea groups is 1. The number of benzene rings is 1. The quantitative estimate of drug-likeness (QED) is 0.903. The fourth-order valence-corrected chi connectivity index (χ4v) is 3.71. The van der Waals surface area contributed by atoms with Crippen LogP contribution in [0.5, 0.6) is 0 Å². The Morgan fingerprint density at radius 1 is 1.33 bits per heavy atom. The van der Waals surface area contributed by atoms with Crippen molar-refractivity contribution in [1.82, 2.24) is 25.3 Å². The van der Waals surface area contributed by atoms with Gasteiger partial charge in [-0.15, -0.1) is 0 Å². The van der Waals surface area contributed by atoms with Crippen LogP contribution in [0.25, 0.3) is 11.3 Å². The first-order chi connectivity index (χ1) is 11.6. The Labute approximate surface area is 139 Å². The lowest BCUT2D eigenvalue weighted by atomic mass is 9.99. The fraction of sp³-hybridized carbons (Fsp3) is 0.412. The number of halogens is 1. The summed E-state index contributed by atoms with van der Waals surface area (Å²) in [5, 5.41) is 10.2. The van der Waals surface area contributed by atoms with Crippen LogP contribution < -0.4 is 5.32 Å². The minimum Gasteiger partial charge on any atom is -0.332 e. The number of likely N-dealkylation sites (N-methyl/N-ethyl adjacent to an activating group) is 1. The lowest BCUT2D eigenvalue weighted by molar-refractivity contribution is 0.147. The zero-order valence-corrected chi connectivity index (χ0v) is 13.5. The number of likely N-dealkylation sites (tertiary alicyclic amines) is 1. The molecule has 0 bridgehead atoms. The van der Waals surface area contributed by atoms with Crippen molar-refractivity contribution in [3.8, 4) is 11.3 Å². The highest BCUT2D eigenvalue weighted by atomic mass is 19.1. The van der Waals surface area contributed by atoms with E-state index in [-0.39, 0.29) is 23.9 Å². The van der Waals surface area contributed by atoms with E-state index in [2.05, 4.69) is 20.4 Å². The molecule has 0 radical (unpaired) electrons. The summed E-state index contributed by atoms with van der Waals surface area (Å²) >= 11 is 0. The Bertz CT molecular complexity index is 744. The summed E-state index contributed by atoms with van der Waals surface area (Å²) in [6, 6.07) is 6.90. The second-order valence-corrected chi connectivity index (χ2v) is 6.54. The number of fused-ring (bicyclic) bond motifs is 1. The van der Waals surface area contributed by atoms with Crippen molar-refractivity contribution < 1.29 is 9.18 Å². The first-order valence-electron chi connectivity index (χ1n) is 8.15. The maximum Gasteiger partial charge on any atom is 0.317 e. The number of amides is 2. The first kappa shape index (κ1) is 15.1. The van der Waals surface area contributed by atoms with E-state index < -0.39 is 0 Å². The molecule has 0 aliphatic carbocycles. The number of aromatic amines is 1. The standard InChI is InChI=1S/C17H20FN5O/c1-22-15-6-7-23(10-14(15)20-17(22)24)9-12-8-19-21-16(12)11-2-4-13(18)5-3-11/h2-5,8,14-15H,6-7,9-10H2,1H3,(H,19,21)(H,20,24)/t14-,15+/m1/s1. The van der Waals surface area contributed by atoms with Gasteiger partial charge in [-0.05, 0) is 30.7 Å². The van der Waals surface area contributed by atoms with Crippen molar-refractivity contribution in [2.45, 2.75) is 25.0 Å². The maximum absolute atomic E-state index is 13.1. The average molecular weight is 329 g/mol. The molecule has 2 amide bonds. The number of hydrogen-bond acceptors (Lipinski definition) is 3. The van der Waals surface area contributed by atoms with Crippen LogP contribution in [-0.2, 0) is 6.54 Å². The Morgan fingerprint density at radius 2 is 2.12 bits per heavy atom. The molecule has 1 aromatic carbocycles. The highest BCUT2D eigenvalue weighted by molar-refractivity contribution is 5.77. The molecule has 2 saturated heterocycles. The summed E-state index contributed by atoms with van der Waals surface area (Å²) in [6.45, 7) is 2.52. The van der Waals surface area contributed by atoms with Crippen LogP contribution in [0.3, 0.4) is 0 Å². The summed E-state index contributed by atoms with van der Waals surface area (Å²) in [7, 11) is 1.86. The van der Waals surface area contributed by atoms with Gasteiger partial charge in [-0.1, -0.05) is 0 Å². The van der Waals surface area contributed by atoms with Crippen LogP contribution in [0, 0.1) is 5.82 Å².